The van der Waals surface area contributed by atoms with Crippen LogP contribution in [0.3, 0.4) is 0 Å². The lowest BCUT2D eigenvalue weighted by Crippen LogP contribution is -1.90. The number of fused-ring (bicyclic) bond motifs is 1. The molecule has 3 rings (SSSR count). The molecule has 6 nitrogen and oxygen atoms in total. The van der Waals surface area contributed by atoms with Gasteiger partial charge in [0.15, 0.2) is 0 Å². The molecule has 0 amide bonds. The van der Waals surface area contributed by atoms with Crippen LogP contribution >= 0.6 is 23.1 Å². The number of nitro groups is 1. The van der Waals surface area contributed by atoms with Crippen LogP contribution in [0.15, 0.2) is 27.0 Å². The molecule has 3 heterocycles. The van der Waals surface area contributed by atoms with Gasteiger partial charge in [-0.1, -0.05) is 11.8 Å². The van der Waals surface area contributed by atoms with Crippen molar-refractivity contribution >= 4 is 45.3 Å². The predicted octanol–water partition coefficient (Wildman–Crippen LogP) is 4.88. The molecular weight excluding hydrogens is 334 g/mol. The first-order valence-corrected chi connectivity index (χ1v) is 8.47. The molecule has 0 saturated carbocycles. The van der Waals surface area contributed by atoms with Crippen molar-refractivity contribution in [3.63, 3.8) is 0 Å². The maximum absolute atomic E-state index is 10.6. The largest absolute Gasteiger partial charge is 0.433 e. The summed E-state index contributed by atoms with van der Waals surface area (Å²) in [6.45, 7) is 6.01. The molecule has 0 saturated heterocycles. The minimum Gasteiger partial charge on any atom is -0.401 e. The smallest absolute Gasteiger partial charge is 0.401 e. The number of rotatable bonds is 4. The van der Waals surface area contributed by atoms with Gasteiger partial charge < -0.3 is 4.42 Å². The molecule has 0 bridgehead atoms. The fourth-order valence-corrected chi connectivity index (χ4v) is 4.12. The number of aromatic nitrogens is 2. The van der Waals surface area contributed by atoms with E-state index in [9.17, 15) is 10.1 Å². The Hall–Kier alpha value is -2.19. The van der Waals surface area contributed by atoms with E-state index in [1.54, 1.807) is 23.5 Å². The molecule has 0 unspecified atom stereocenters. The lowest BCUT2D eigenvalue weighted by atomic mass is 10.2. The van der Waals surface area contributed by atoms with Gasteiger partial charge in [-0.05, 0) is 43.9 Å². The van der Waals surface area contributed by atoms with Gasteiger partial charge >= 0.3 is 5.88 Å². The molecule has 0 aliphatic carbocycles. The van der Waals surface area contributed by atoms with E-state index < -0.39 is 4.92 Å². The minimum absolute atomic E-state index is 0.265. The lowest BCUT2D eigenvalue weighted by Gasteiger charge is -2.01. The van der Waals surface area contributed by atoms with Crippen molar-refractivity contribution in [3.8, 4) is 0 Å². The summed E-state index contributed by atoms with van der Waals surface area (Å²) >= 11 is 3.11. The molecule has 0 aliphatic rings. The second kappa shape index (κ2) is 6.13. The highest BCUT2D eigenvalue weighted by Gasteiger charge is 2.13. The molecule has 0 atom stereocenters. The normalized spacial score (nSPS) is 11.6. The fourth-order valence-electron chi connectivity index (χ4n) is 2.10. The van der Waals surface area contributed by atoms with E-state index in [0.29, 0.717) is 5.76 Å². The molecule has 8 heteroatoms. The van der Waals surface area contributed by atoms with Crippen LogP contribution in [-0.4, -0.2) is 14.9 Å². The number of hydrogen-bond donors (Lipinski definition) is 0. The summed E-state index contributed by atoms with van der Waals surface area (Å²) in [5.41, 5.74) is 1.19. The maximum atomic E-state index is 10.6. The summed E-state index contributed by atoms with van der Waals surface area (Å²) in [7, 11) is 0. The van der Waals surface area contributed by atoms with Crippen LogP contribution in [0.2, 0.25) is 0 Å². The third-order valence-electron chi connectivity index (χ3n) is 3.31. The minimum atomic E-state index is -0.556. The van der Waals surface area contributed by atoms with Gasteiger partial charge in [-0.2, -0.15) is 0 Å². The first kappa shape index (κ1) is 15.7. The van der Waals surface area contributed by atoms with Gasteiger partial charge in [-0.3, -0.25) is 10.1 Å². The lowest BCUT2D eigenvalue weighted by molar-refractivity contribution is -0.402. The van der Waals surface area contributed by atoms with Gasteiger partial charge in [0.1, 0.15) is 26.4 Å². The molecule has 0 radical (unpaired) electrons. The predicted molar refractivity (Wildman–Crippen MR) is 91.9 cm³/mol. The Morgan fingerprint density at radius 3 is 2.78 bits per heavy atom. The van der Waals surface area contributed by atoms with Crippen molar-refractivity contribution in [3.05, 3.63) is 49.7 Å². The van der Waals surface area contributed by atoms with Crippen molar-refractivity contribution in [1.29, 1.82) is 0 Å². The molecule has 118 valence electrons. The zero-order valence-corrected chi connectivity index (χ0v) is 14.3. The zero-order chi connectivity index (χ0) is 16.6. The van der Waals surface area contributed by atoms with E-state index in [0.717, 1.165) is 21.1 Å². The van der Waals surface area contributed by atoms with Crippen LogP contribution < -0.4 is 0 Å². The van der Waals surface area contributed by atoms with Crippen LogP contribution in [0, 0.1) is 30.9 Å². The summed E-state index contributed by atoms with van der Waals surface area (Å²) in [5.74, 6) is 0.895. The summed E-state index contributed by atoms with van der Waals surface area (Å²) in [6.07, 6.45) is 1.69. The molecule has 0 fully saturated rings. The number of nitrogens with zero attached hydrogens (tertiary/aromatic N) is 3. The van der Waals surface area contributed by atoms with Crippen molar-refractivity contribution < 1.29 is 9.34 Å². The topological polar surface area (TPSA) is 82.1 Å². The Bertz CT molecular complexity index is 928. The molecule has 0 N–H and O–H groups in total. The van der Waals surface area contributed by atoms with E-state index >= 15 is 0 Å². The Morgan fingerprint density at radius 2 is 2.09 bits per heavy atom. The number of thioether (sulfide) groups is 1. The SMILES string of the molecule is Cc1nc(S/C=C/c2ccc([N+](=O)[O-])o2)c2c(C)c(C)sc2n1. The first-order chi connectivity index (χ1) is 11.0. The average molecular weight is 347 g/mol. The summed E-state index contributed by atoms with van der Waals surface area (Å²) in [4.78, 5) is 21.2. The van der Waals surface area contributed by atoms with Crippen molar-refractivity contribution in [2.75, 3.05) is 0 Å². The standard InChI is InChI=1S/C15H13N3O3S2/c1-8-9(2)23-15-13(8)14(16-10(3)17-15)22-7-6-11-4-5-12(21-11)18(19)20/h4-7H,1-3H3/b7-6+. The maximum Gasteiger partial charge on any atom is 0.433 e. The monoisotopic (exact) mass is 347 g/mol. The van der Waals surface area contributed by atoms with E-state index in [-0.39, 0.29) is 5.88 Å². The highest BCUT2D eigenvalue weighted by Crippen LogP contribution is 2.35. The summed E-state index contributed by atoms with van der Waals surface area (Å²) in [6, 6.07) is 2.90. The van der Waals surface area contributed by atoms with Crippen molar-refractivity contribution in [1.82, 2.24) is 9.97 Å². The molecule has 23 heavy (non-hydrogen) atoms. The first-order valence-electron chi connectivity index (χ1n) is 6.77. The number of furan rings is 1. The number of thiophene rings is 1. The quantitative estimate of drug-likeness (QED) is 0.289. The third-order valence-corrected chi connectivity index (χ3v) is 5.20. The van der Waals surface area contributed by atoms with Crippen LogP contribution in [-0.2, 0) is 0 Å². The second-order valence-electron chi connectivity index (χ2n) is 4.89. The van der Waals surface area contributed by atoms with Gasteiger partial charge in [0.2, 0.25) is 0 Å². The van der Waals surface area contributed by atoms with E-state index in [1.165, 1.54) is 28.3 Å². The molecule has 0 aromatic carbocycles. The van der Waals surface area contributed by atoms with E-state index in [1.807, 2.05) is 12.3 Å². The Morgan fingerprint density at radius 1 is 1.30 bits per heavy atom. The van der Waals surface area contributed by atoms with Crippen LogP contribution in [0.25, 0.3) is 16.3 Å². The number of aryl methyl sites for hydroxylation is 3. The summed E-state index contributed by atoms with van der Waals surface area (Å²) in [5, 5.41) is 14.4. The van der Waals surface area contributed by atoms with Crippen LogP contribution in [0.4, 0.5) is 5.88 Å². The van der Waals surface area contributed by atoms with Gasteiger partial charge in [0, 0.05) is 10.3 Å². The van der Waals surface area contributed by atoms with Crippen molar-refractivity contribution in [2.45, 2.75) is 25.8 Å². The van der Waals surface area contributed by atoms with Gasteiger partial charge in [-0.15, -0.1) is 11.3 Å². The molecular formula is C15H13N3O3S2. The van der Waals surface area contributed by atoms with Crippen LogP contribution in [0.1, 0.15) is 22.0 Å². The van der Waals surface area contributed by atoms with Crippen molar-refractivity contribution in [2.24, 2.45) is 0 Å². The van der Waals surface area contributed by atoms with E-state index in [2.05, 4.69) is 23.8 Å². The zero-order valence-electron chi connectivity index (χ0n) is 12.7. The fraction of sp³-hybridized carbons (Fsp3) is 0.200. The van der Waals surface area contributed by atoms with Gasteiger partial charge in [0.05, 0.1) is 6.07 Å². The third kappa shape index (κ3) is 3.13. The molecule has 3 aromatic heterocycles. The van der Waals surface area contributed by atoms with Crippen LogP contribution in [0.5, 0.6) is 0 Å². The molecule has 3 aromatic rings. The van der Waals surface area contributed by atoms with Gasteiger partial charge in [-0.25, -0.2) is 9.97 Å². The second-order valence-corrected chi connectivity index (χ2v) is 6.99. The summed E-state index contributed by atoms with van der Waals surface area (Å²) < 4.78 is 5.09. The number of hydrogen-bond acceptors (Lipinski definition) is 7. The molecule has 0 spiro atoms. The highest BCUT2D eigenvalue weighted by molar-refractivity contribution is 8.02. The molecule has 0 aliphatic heterocycles. The highest BCUT2D eigenvalue weighted by atomic mass is 32.2. The Balaban J connectivity index is 1.89. The Kier molecular flexibility index (Phi) is 4.18. The Labute approximate surface area is 140 Å². The average Bonchev–Trinajstić information content (AvgIpc) is 3.05. The van der Waals surface area contributed by atoms with E-state index in [4.69, 9.17) is 4.42 Å². The van der Waals surface area contributed by atoms with Gasteiger partial charge in [0.25, 0.3) is 0 Å².